The molecule has 0 aliphatic rings. The van der Waals surface area contributed by atoms with Crippen LogP contribution in [0.4, 0.5) is 14.5 Å². The molecular weight excluding hydrogens is 404 g/mol. The van der Waals surface area contributed by atoms with Gasteiger partial charge >= 0.3 is 5.97 Å². The van der Waals surface area contributed by atoms with Gasteiger partial charge in [-0.1, -0.05) is 23.9 Å². The number of hydrogen-bond donors (Lipinski definition) is 1. The van der Waals surface area contributed by atoms with Crippen LogP contribution in [-0.4, -0.2) is 33.8 Å². The molecule has 150 valence electrons. The summed E-state index contributed by atoms with van der Waals surface area (Å²) < 4.78 is 30.6. The van der Waals surface area contributed by atoms with Gasteiger partial charge in [-0.15, -0.1) is 0 Å². The lowest BCUT2D eigenvalue weighted by molar-refractivity contribution is -0.147. The minimum Gasteiger partial charge on any atom is -0.454 e. The molecule has 0 unspecified atom stereocenters. The zero-order valence-electron chi connectivity index (χ0n) is 14.9. The monoisotopic (exact) mass is 419 g/mol. The number of carbonyl (C=O) groups excluding carboxylic acids is 2. The van der Waals surface area contributed by atoms with Crippen LogP contribution in [0, 0.1) is 0 Å². The van der Waals surface area contributed by atoms with E-state index in [2.05, 4.69) is 10.3 Å². The topological polar surface area (TPSA) is 90.3 Å². The van der Waals surface area contributed by atoms with E-state index in [0.717, 1.165) is 4.57 Å². The van der Waals surface area contributed by atoms with Crippen molar-refractivity contribution in [3.8, 4) is 0 Å². The van der Waals surface area contributed by atoms with Crippen molar-refractivity contribution in [2.75, 3.05) is 11.9 Å². The van der Waals surface area contributed by atoms with Crippen LogP contribution in [0.5, 0.6) is 0 Å². The van der Waals surface area contributed by atoms with E-state index in [1.165, 1.54) is 30.6 Å². The Morgan fingerprint density at radius 2 is 1.86 bits per heavy atom. The molecule has 29 heavy (non-hydrogen) atoms. The first-order chi connectivity index (χ1) is 13.9. The summed E-state index contributed by atoms with van der Waals surface area (Å²) in [6.45, 7) is -0.939. The first-order valence-corrected chi connectivity index (χ1v) is 9.25. The maximum Gasteiger partial charge on any atom is 0.326 e. The number of anilines is 1. The van der Waals surface area contributed by atoms with Crippen molar-refractivity contribution in [3.63, 3.8) is 0 Å². The highest BCUT2D eigenvalue weighted by molar-refractivity contribution is 7.99. The second-order valence-electron chi connectivity index (χ2n) is 5.81. The smallest absolute Gasteiger partial charge is 0.326 e. The molecule has 0 spiro atoms. The molecule has 1 N–H and O–H groups in total. The lowest BCUT2D eigenvalue weighted by Gasteiger charge is -2.09. The molecule has 0 radical (unpaired) electrons. The van der Waals surface area contributed by atoms with E-state index in [0.29, 0.717) is 33.2 Å². The summed E-state index contributed by atoms with van der Waals surface area (Å²) in [7, 11) is 0. The molecule has 0 aliphatic heterocycles. The number of ether oxygens (including phenoxy) is 1. The molecule has 1 aromatic heterocycles. The number of benzene rings is 2. The van der Waals surface area contributed by atoms with Gasteiger partial charge in [-0.05, 0) is 36.4 Å². The summed E-state index contributed by atoms with van der Waals surface area (Å²) in [4.78, 5) is 40.6. The molecule has 0 aliphatic carbocycles. The largest absolute Gasteiger partial charge is 0.454 e. The lowest BCUT2D eigenvalue weighted by Crippen LogP contribution is -2.28. The molecule has 0 fully saturated rings. The Kier molecular flexibility index (Phi) is 6.55. The number of amides is 1. The zero-order chi connectivity index (χ0) is 20.8. The number of esters is 1. The molecule has 7 nitrogen and oxygen atoms in total. The van der Waals surface area contributed by atoms with Crippen molar-refractivity contribution in [3.05, 3.63) is 65.2 Å². The lowest BCUT2D eigenvalue weighted by atomic mass is 10.2. The average Bonchev–Trinajstić information content (AvgIpc) is 2.70. The van der Waals surface area contributed by atoms with Crippen molar-refractivity contribution >= 4 is 40.2 Å². The first kappa shape index (κ1) is 20.5. The highest BCUT2D eigenvalue weighted by Gasteiger charge is 2.12. The molecule has 3 aromatic rings. The number of halogens is 2. The average molecular weight is 419 g/mol. The van der Waals surface area contributed by atoms with Gasteiger partial charge in [0.2, 0.25) is 0 Å². The normalized spacial score (nSPS) is 10.9. The Balaban J connectivity index is 1.52. The summed E-state index contributed by atoms with van der Waals surface area (Å²) in [5, 5.41) is 2.85. The predicted octanol–water partition coefficient (Wildman–Crippen LogP) is 2.89. The number of alkyl halides is 2. The number of para-hydroxylation sites is 1. The molecule has 1 heterocycles. The number of hydrogen-bond acceptors (Lipinski definition) is 6. The minimum absolute atomic E-state index is 0.360. The van der Waals surface area contributed by atoms with E-state index >= 15 is 0 Å². The second-order valence-corrected chi connectivity index (χ2v) is 6.87. The summed E-state index contributed by atoms with van der Waals surface area (Å²) in [6.07, 6.45) is 1.24. The van der Waals surface area contributed by atoms with Crippen LogP contribution < -0.4 is 10.9 Å². The van der Waals surface area contributed by atoms with Gasteiger partial charge in [-0.2, -0.15) is 8.78 Å². The van der Waals surface area contributed by atoms with Crippen LogP contribution in [-0.2, 0) is 20.9 Å². The molecule has 0 bridgehead atoms. The fourth-order valence-corrected chi connectivity index (χ4v) is 2.97. The number of rotatable bonds is 7. The first-order valence-electron chi connectivity index (χ1n) is 8.37. The molecular formula is C19H15F2N3O4S. The number of fused-ring (bicyclic) bond motifs is 1. The molecule has 1 amide bonds. The summed E-state index contributed by atoms with van der Waals surface area (Å²) in [5.41, 5.74) is 0.498. The molecule has 10 heteroatoms. The third kappa shape index (κ3) is 5.61. The highest BCUT2D eigenvalue weighted by Crippen LogP contribution is 2.26. The van der Waals surface area contributed by atoms with Crippen LogP contribution >= 0.6 is 11.8 Å². The van der Waals surface area contributed by atoms with Gasteiger partial charge in [0.15, 0.2) is 6.61 Å². The third-order valence-corrected chi connectivity index (χ3v) is 4.48. The van der Waals surface area contributed by atoms with Crippen LogP contribution in [0.3, 0.4) is 0 Å². The van der Waals surface area contributed by atoms with Crippen LogP contribution in [0.1, 0.15) is 0 Å². The number of aromatic nitrogens is 2. The number of thioether (sulfide) groups is 1. The van der Waals surface area contributed by atoms with E-state index < -0.39 is 29.8 Å². The standard InChI is InChI=1S/C19H15F2N3O4S/c20-19(21)29-13-7-5-12(6-8-13)23-16(25)10-28-17(26)9-24-11-22-15-4-2-1-3-14(15)18(24)27/h1-8,11,19H,9-10H2,(H,23,25). The summed E-state index contributed by atoms with van der Waals surface area (Å²) >= 11 is 0.394. The van der Waals surface area contributed by atoms with E-state index in [4.69, 9.17) is 4.74 Å². The van der Waals surface area contributed by atoms with Crippen molar-refractivity contribution in [2.24, 2.45) is 0 Å². The van der Waals surface area contributed by atoms with Gasteiger partial charge in [0.1, 0.15) is 6.54 Å². The Labute approximate surface area is 167 Å². The summed E-state index contributed by atoms with van der Waals surface area (Å²) in [6, 6.07) is 12.5. The van der Waals surface area contributed by atoms with Gasteiger partial charge in [-0.25, -0.2) is 4.98 Å². The van der Waals surface area contributed by atoms with Crippen LogP contribution in [0.25, 0.3) is 10.9 Å². The second kappa shape index (κ2) is 9.28. The fourth-order valence-electron chi connectivity index (χ4n) is 2.47. The Hall–Kier alpha value is -3.27. The van der Waals surface area contributed by atoms with E-state index in [9.17, 15) is 23.2 Å². The SMILES string of the molecule is O=C(COC(=O)Cn1cnc2ccccc2c1=O)Nc1ccc(SC(F)F)cc1. The predicted molar refractivity (Wildman–Crippen MR) is 104 cm³/mol. The fraction of sp³-hybridized carbons (Fsp3) is 0.158. The minimum atomic E-state index is -2.53. The maximum absolute atomic E-state index is 12.3. The summed E-state index contributed by atoms with van der Waals surface area (Å²) in [5.74, 6) is -3.90. The van der Waals surface area contributed by atoms with Gasteiger partial charge < -0.3 is 10.1 Å². The van der Waals surface area contributed by atoms with E-state index in [1.54, 1.807) is 24.3 Å². The third-order valence-electron chi connectivity index (χ3n) is 3.76. The van der Waals surface area contributed by atoms with Crippen LogP contribution in [0.2, 0.25) is 0 Å². The van der Waals surface area contributed by atoms with E-state index in [1.807, 2.05) is 0 Å². The molecule has 2 aromatic carbocycles. The van der Waals surface area contributed by atoms with Crippen molar-refractivity contribution in [1.29, 1.82) is 0 Å². The number of nitrogens with zero attached hydrogens (tertiary/aromatic N) is 2. The molecule has 0 saturated carbocycles. The van der Waals surface area contributed by atoms with Gasteiger partial charge in [0, 0.05) is 10.6 Å². The Morgan fingerprint density at radius 3 is 2.59 bits per heavy atom. The van der Waals surface area contributed by atoms with Gasteiger partial charge in [0.25, 0.3) is 17.2 Å². The van der Waals surface area contributed by atoms with Gasteiger partial charge in [0.05, 0.1) is 17.2 Å². The molecule has 0 saturated heterocycles. The van der Waals surface area contributed by atoms with Crippen LogP contribution in [0.15, 0.2) is 64.5 Å². The highest BCUT2D eigenvalue weighted by atomic mass is 32.2. The quantitative estimate of drug-likeness (QED) is 0.468. The maximum atomic E-state index is 12.3. The van der Waals surface area contributed by atoms with E-state index in [-0.39, 0.29) is 6.54 Å². The zero-order valence-corrected chi connectivity index (χ0v) is 15.7. The Bertz CT molecular complexity index is 1090. The molecule has 0 atom stereocenters. The Morgan fingerprint density at radius 1 is 1.14 bits per heavy atom. The van der Waals surface area contributed by atoms with Crippen molar-refractivity contribution in [2.45, 2.75) is 17.2 Å². The number of carbonyl (C=O) groups is 2. The molecule has 3 rings (SSSR count). The van der Waals surface area contributed by atoms with Crippen molar-refractivity contribution in [1.82, 2.24) is 9.55 Å². The van der Waals surface area contributed by atoms with Gasteiger partial charge in [-0.3, -0.25) is 19.0 Å². The number of nitrogens with one attached hydrogen (secondary N) is 1. The van der Waals surface area contributed by atoms with Crippen molar-refractivity contribution < 1.29 is 23.1 Å².